The zero-order valence-electron chi connectivity index (χ0n) is 24.3. The second-order valence-corrected chi connectivity index (χ2v) is 13.6. The Morgan fingerprint density at radius 2 is 2.02 bits per heavy atom. The number of fused-ring (bicyclic) bond motifs is 5. The molecular formula is C32H39FN6O3. The Morgan fingerprint density at radius 1 is 1.19 bits per heavy atom. The highest BCUT2D eigenvalue weighted by Gasteiger charge is 2.50. The first kappa shape index (κ1) is 26.6. The Hall–Kier alpha value is -3.00. The molecule has 1 aliphatic carbocycles. The number of nitrogens with two attached hydrogens (primary N) is 1. The van der Waals surface area contributed by atoms with E-state index in [4.69, 9.17) is 29.9 Å². The fraction of sp³-hybridized carbons (Fsp3) is 0.656. The number of hydrogen-bond donors (Lipinski definition) is 1. The number of nitriles is 1. The molecule has 1 aromatic heterocycles. The highest BCUT2D eigenvalue weighted by Crippen LogP contribution is 2.51. The topological polar surface area (TPSA) is 110 Å². The zero-order valence-corrected chi connectivity index (χ0v) is 24.3. The molecule has 2 aromatic rings. The molecule has 5 aliphatic heterocycles. The molecule has 1 aromatic carbocycles. The molecule has 4 saturated heterocycles. The van der Waals surface area contributed by atoms with Gasteiger partial charge in [-0.05, 0) is 49.8 Å². The Bertz CT molecular complexity index is 1450. The number of nitrogen functional groups attached to an aromatic ring is 1. The van der Waals surface area contributed by atoms with Crippen LogP contribution in [0, 0.1) is 23.2 Å². The summed E-state index contributed by atoms with van der Waals surface area (Å²) in [5.41, 5.74) is 10.4. The van der Waals surface area contributed by atoms with Crippen LogP contribution >= 0.6 is 0 Å². The molecule has 0 radical (unpaired) electrons. The van der Waals surface area contributed by atoms with Gasteiger partial charge in [0.25, 0.3) is 0 Å². The SMILES string of the molecule is CC1CCC2(Cc3nc(OCC45CCCN4CC(F)C5)nc(N4CC5COCC5C4)c3CO2)c2c1ccc(N)c2C#N. The van der Waals surface area contributed by atoms with E-state index >= 15 is 0 Å². The lowest BCUT2D eigenvalue weighted by Crippen LogP contribution is -2.44. The Labute approximate surface area is 246 Å². The summed E-state index contributed by atoms with van der Waals surface area (Å²) >= 11 is 0. The van der Waals surface area contributed by atoms with Gasteiger partial charge in [0.05, 0.1) is 36.6 Å². The van der Waals surface area contributed by atoms with Crippen LogP contribution in [0.15, 0.2) is 12.1 Å². The van der Waals surface area contributed by atoms with E-state index in [-0.39, 0.29) is 5.54 Å². The standard InChI is InChI=1S/C32H39FN6O3/c1-19-5-7-32(28-23(19)3-4-26(35)24(28)11-34)10-27-25(17-42-32)29(38-12-20-15-40-16-21(20)13-38)37-30(36-27)41-18-31-6-2-8-39(31)14-22(33)9-31/h3-4,19-22H,2,5-10,12-18,35H2,1H3. The van der Waals surface area contributed by atoms with Gasteiger partial charge >= 0.3 is 6.01 Å². The van der Waals surface area contributed by atoms with Crippen LogP contribution in [-0.4, -0.2) is 72.6 Å². The van der Waals surface area contributed by atoms with Crippen LogP contribution in [0.2, 0.25) is 0 Å². The maximum absolute atomic E-state index is 14.5. The van der Waals surface area contributed by atoms with Gasteiger partial charge < -0.3 is 24.8 Å². The first-order valence-corrected chi connectivity index (χ1v) is 15.6. The van der Waals surface area contributed by atoms with E-state index < -0.39 is 11.8 Å². The number of ether oxygens (including phenoxy) is 3. The van der Waals surface area contributed by atoms with Crippen LogP contribution in [-0.2, 0) is 28.1 Å². The summed E-state index contributed by atoms with van der Waals surface area (Å²) in [6.45, 7) is 7.70. The average Bonchev–Trinajstić information content (AvgIpc) is 3.74. The third-order valence-corrected chi connectivity index (χ3v) is 11.1. The number of rotatable bonds is 4. The maximum atomic E-state index is 14.5. The van der Waals surface area contributed by atoms with Crippen LogP contribution < -0.4 is 15.4 Å². The molecule has 42 heavy (non-hydrogen) atoms. The van der Waals surface area contributed by atoms with E-state index in [2.05, 4.69) is 28.9 Å². The fourth-order valence-electron chi connectivity index (χ4n) is 8.86. The van der Waals surface area contributed by atoms with E-state index in [1.54, 1.807) is 0 Å². The quantitative estimate of drug-likeness (QED) is 0.545. The lowest BCUT2D eigenvalue weighted by molar-refractivity contribution is -0.0873. The largest absolute Gasteiger partial charge is 0.461 e. The van der Waals surface area contributed by atoms with E-state index in [1.807, 2.05) is 6.07 Å². The summed E-state index contributed by atoms with van der Waals surface area (Å²) < 4.78 is 33.5. The minimum atomic E-state index is -0.812. The number of aromatic nitrogens is 2. The van der Waals surface area contributed by atoms with Gasteiger partial charge in [-0.15, -0.1) is 0 Å². The molecule has 9 nitrogen and oxygen atoms in total. The van der Waals surface area contributed by atoms with Crippen molar-refractivity contribution in [2.75, 3.05) is 56.6 Å². The van der Waals surface area contributed by atoms with Crippen molar-refractivity contribution >= 4 is 11.5 Å². The molecule has 6 unspecified atom stereocenters. The molecular weight excluding hydrogens is 535 g/mol. The van der Waals surface area contributed by atoms with Crippen LogP contribution in [0.25, 0.3) is 0 Å². The van der Waals surface area contributed by atoms with E-state index in [0.717, 1.165) is 86.7 Å². The third-order valence-electron chi connectivity index (χ3n) is 11.1. The number of halogens is 1. The van der Waals surface area contributed by atoms with E-state index in [9.17, 15) is 9.65 Å². The number of nitrogens with zero attached hydrogens (tertiary/aromatic N) is 5. The van der Waals surface area contributed by atoms with Crippen molar-refractivity contribution in [2.45, 2.75) is 75.3 Å². The van der Waals surface area contributed by atoms with Crippen molar-refractivity contribution in [3.05, 3.63) is 40.1 Å². The highest BCUT2D eigenvalue weighted by atomic mass is 19.1. The Kier molecular flexibility index (Phi) is 6.19. The summed E-state index contributed by atoms with van der Waals surface area (Å²) in [4.78, 5) is 14.7. The first-order chi connectivity index (χ1) is 20.4. The lowest BCUT2D eigenvalue weighted by Gasteiger charge is -2.45. The number of benzene rings is 1. The zero-order chi connectivity index (χ0) is 28.6. The Balaban J connectivity index is 1.18. The monoisotopic (exact) mass is 574 g/mol. The molecule has 8 rings (SSSR count). The summed E-state index contributed by atoms with van der Waals surface area (Å²) in [6, 6.07) is 6.65. The van der Waals surface area contributed by atoms with Gasteiger partial charge in [-0.1, -0.05) is 13.0 Å². The molecule has 2 N–H and O–H groups in total. The Morgan fingerprint density at radius 3 is 2.83 bits per heavy atom. The number of hydrogen-bond acceptors (Lipinski definition) is 9. The first-order valence-electron chi connectivity index (χ1n) is 15.6. The summed E-state index contributed by atoms with van der Waals surface area (Å²) in [6.07, 6.45) is 3.96. The van der Waals surface area contributed by atoms with Crippen molar-refractivity contribution in [3.63, 3.8) is 0 Å². The van der Waals surface area contributed by atoms with Gasteiger partial charge in [-0.3, -0.25) is 4.90 Å². The normalized spacial score (nSPS) is 35.1. The van der Waals surface area contributed by atoms with Gasteiger partial charge in [0.1, 0.15) is 30.3 Å². The van der Waals surface area contributed by atoms with Crippen molar-refractivity contribution in [1.29, 1.82) is 5.26 Å². The number of alkyl halides is 1. The molecule has 6 aliphatic rings. The molecule has 6 heterocycles. The molecule has 0 saturated carbocycles. The fourth-order valence-corrected chi connectivity index (χ4v) is 8.86. The van der Waals surface area contributed by atoms with Crippen molar-refractivity contribution in [2.24, 2.45) is 11.8 Å². The predicted octanol–water partition coefficient (Wildman–Crippen LogP) is 3.83. The molecule has 0 amide bonds. The van der Waals surface area contributed by atoms with Crippen molar-refractivity contribution in [1.82, 2.24) is 14.9 Å². The maximum Gasteiger partial charge on any atom is 0.318 e. The molecule has 6 atom stereocenters. The predicted molar refractivity (Wildman–Crippen MR) is 154 cm³/mol. The van der Waals surface area contributed by atoms with E-state index in [0.29, 0.717) is 67.6 Å². The minimum Gasteiger partial charge on any atom is -0.461 e. The molecule has 1 spiro atoms. The van der Waals surface area contributed by atoms with Crippen LogP contribution in [0.3, 0.4) is 0 Å². The lowest BCUT2D eigenvalue weighted by atomic mass is 9.69. The van der Waals surface area contributed by atoms with Gasteiger partial charge in [-0.2, -0.15) is 15.2 Å². The highest BCUT2D eigenvalue weighted by molar-refractivity contribution is 5.64. The summed E-state index contributed by atoms with van der Waals surface area (Å²) in [5, 5.41) is 10.2. The van der Waals surface area contributed by atoms with Crippen molar-refractivity contribution in [3.8, 4) is 12.1 Å². The van der Waals surface area contributed by atoms with Gasteiger partial charge in [0, 0.05) is 61.1 Å². The number of anilines is 2. The van der Waals surface area contributed by atoms with E-state index in [1.165, 1.54) is 0 Å². The van der Waals surface area contributed by atoms with Crippen LogP contribution in [0.4, 0.5) is 15.9 Å². The van der Waals surface area contributed by atoms with Crippen LogP contribution in [0.5, 0.6) is 6.01 Å². The second kappa shape index (κ2) is 9.76. The minimum absolute atomic E-state index is 0.275. The summed E-state index contributed by atoms with van der Waals surface area (Å²) in [5.74, 6) is 2.19. The molecule has 222 valence electrons. The molecule has 0 bridgehead atoms. The average molecular weight is 575 g/mol. The molecule has 4 fully saturated rings. The third kappa shape index (κ3) is 4.04. The second-order valence-electron chi connectivity index (χ2n) is 13.6. The van der Waals surface area contributed by atoms with Crippen LogP contribution in [0.1, 0.15) is 72.9 Å². The van der Waals surface area contributed by atoms with Gasteiger partial charge in [0.15, 0.2) is 0 Å². The van der Waals surface area contributed by atoms with Crippen molar-refractivity contribution < 1.29 is 18.6 Å². The van der Waals surface area contributed by atoms with Gasteiger partial charge in [-0.25, -0.2) is 4.39 Å². The molecule has 10 heteroatoms. The summed E-state index contributed by atoms with van der Waals surface area (Å²) in [7, 11) is 0. The smallest absolute Gasteiger partial charge is 0.318 e. The van der Waals surface area contributed by atoms with Gasteiger partial charge in [0.2, 0.25) is 0 Å².